The molecule has 8 heteroatoms. The molecule has 1 saturated heterocycles. The van der Waals surface area contributed by atoms with Crippen molar-refractivity contribution in [3.05, 3.63) is 63.0 Å². The van der Waals surface area contributed by atoms with E-state index >= 15 is 0 Å². The summed E-state index contributed by atoms with van der Waals surface area (Å²) in [4.78, 5) is 31.0. The van der Waals surface area contributed by atoms with Crippen molar-refractivity contribution in [3.8, 4) is 5.75 Å². The predicted molar refractivity (Wildman–Crippen MR) is 128 cm³/mol. The minimum atomic E-state index is -0.432. The van der Waals surface area contributed by atoms with E-state index in [1.165, 1.54) is 23.8 Å². The second-order valence-corrected chi connectivity index (χ2v) is 8.67. The lowest BCUT2D eigenvalue weighted by molar-refractivity contribution is -0.121. The molecule has 31 heavy (non-hydrogen) atoms. The number of thioether (sulfide) groups is 1. The topological polar surface area (TPSA) is 68.2 Å². The second kappa shape index (κ2) is 10.6. The number of hydrogen-bond donors (Lipinski definition) is 0. The van der Waals surface area contributed by atoms with E-state index in [4.69, 9.17) is 9.47 Å². The summed E-state index contributed by atoms with van der Waals surface area (Å²) < 4.78 is 11.4. The minimum absolute atomic E-state index is 0.132. The normalized spacial score (nSPS) is 16.3. The standard InChI is InChI=1S/C23H23BrN2O4S/c1-4-5-11-30-19-10-9-15(12-18(19)24)13-20-21(27)26(2)23(31-20)25-17-8-6-7-16(14-17)22(28)29-3/h6-10,12-14H,4-5,11H2,1-3H3. The van der Waals surface area contributed by atoms with Crippen LogP contribution in [-0.2, 0) is 9.53 Å². The summed E-state index contributed by atoms with van der Waals surface area (Å²) in [5.41, 5.74) is 1.86. The van der Waals surface area contributed by atoms with Gasteiger partial charge >= 0.3 is 5.97 Å². The lowest BCUT2D eigenvalue weighted by atomic mass is 10.2. The van der Waals surface area contributed by atoms with Gasteiger partial charge in [-0.3, -0.25) is 9.69 Å². The van der Waals surface area contributed by atoms with Crippen LogP contribution in [0.4, 0.5) is 5.69 Å². The van der Waals surface area contributed by atoms with Gasteiger partial charge in [0, 0.05) is 7.05 Å². The first-order valence-electron chi connectivity index (χ1n) is 9.80. The summed E-state index contributed by atoms with van der Waals surface area (Å²) in [7, 11) is 3.01. The molecule has 1 heterocycles. The predicted octanol–water partition coefficient (Wildman–Crippen LogP) is 5.65. The van der Waals surface area contributed by atoms with Crippen molar-refractivity contribution >= 4 is 56.5 Å². The van der Waals surface area contributed by atoms with Crippen LogP contribution in [0.25, 0.3) is 6.08 Å². The Kier molecular flexibility index (Phi) is 7.92. The number of carbonyl (C=O) groups is 2. The summed E-state index contributed by atoms with van der Waals surface area (Å²) >= 11 is 4.83. The van der Waals surface area contributed by atoms with Crippen LogP contribution < -0.4 is 4.74 Å². The minimum Gasteiger partial charge on any atom is -0.492 e. The molecule has 0 aromatic heterocycles. The van der Waals surface area contributed by atoms with Crippen molar-refractivity contribution in [3.63, 3.8) is 0 Å². The molecule has 2 aromatic carbocycles. The maximum atomic E-state index is 12.7. The van der Waals surface area contributed by atoms with Gasteiger partial charge in [0.2, 0.25) is 0 Å². The number of rotatable bonds is 7. The molecule has 0 unspecified atom stereocenters. The molecule has 1 amide bonds. The number of amides is 1. The van der Waals surface area contributed by atoms with Gasteiger partial charge in [-0.15, -0.1) is 0 Å². The first-order valence-corrected chi connectivity index (χ1v) is 11.4. The third-order valence-corrected chi connectivity index (χ3v) is 6.18. The fourth-order valence-electron chi connectivity index (χ4n) is 2.78. The number of halogens is 1. The highest BCUT2D eigenvalue weighted by Gasteiger charge is 2.30. The van der Waals surface area contributed by atoms with E-state index in [9.17, 15) is 9.59 Å². The highest BCUT2D eigenvalue weighted by atomic mass is 79.9. The molecular formula is C23H23BrN2O4S. The summed E-state index contributed by atoms with van der Waals surface area (Å²) in [5, 5.41) is 0.539. The Morgan fingerprint density at radius 1 is 1.26 bits per heavy atom. The molecule has 0 spiro atoms. The van der Waals surface area contributed by atoms with Crippen molar-refractivity contribution in [2.75, 3.05) is 20.8 Å². The van der Waals surface area contributed by atoms with Gasteiger partial charge in [-0.05, 0) is 76.1 Å². The van der Waals surface area contributed by atoms with Crippen LogP contribution >= 0.6 is 27.7 Å². The van der Waals surface area contributed by atoms with E-state index in [1.54, 1.807) is 31.3 Å². The number of unbranched alkanes of at least 4 members (excludes halogenated alkanes) is 1. The van der Waals surface area contributed by atoms with Crippen LogP contribution in [0.1, 0.15) is 35.7 Å². The number of ether oxygens (including phenoxy) is 2. The van der Waals surface area contributed by atoms with E-state index in [2.05, 4.69) is 27.8 Å². The maximum absolute atomic E-state index is 12.7. The summed E-state index contributed by atoms with van der Waals surface area (Å²) in [6.07, 6.45) is 3.91. The van der Waals surface area contributed by atoms with Gasteiger partial charge in [0.05, 0.1) is 34.3 Å². The lowest BCUT2D eigenvalue weighted by Gasteiger charge is -2.08. The fourth-order valence-corrected chi connectivity index (χ4v) is 4.28. The van der Waals surface area contributed by atoms with Gasteiger partial charge in [-0.25, -0.2) is 9.79 Å². The Balaban J connectivity index is 1.80. The molecule has 2 aromatic rings. The Morgan fingerprint density at radius 2 is 2.06 bits per heavy atom. The van der Waals surface area contributed by atoms with E-state index in [1.807, 2.05) is 24.3 Å². The molecule has 0 atom stereocenters. The summed E-state index contributed by atoms with van der Waals surface area (Å²) in [6, 6.07) is 12.5. The van der Waals surface area contributed by atoms with Crippen LogP contribution in [0.3, 0.4) is 0 Å². The van der Waals surface area contributed by atoms with E-state index in [0.717, 1.165) is 28.6 Å². The SMILES string of the molecule is CCCCOc1ccc(C=C2SC(=Nc3cccc(C(=O)OC)c3)N(C)C2=O)cc1Br. The lowest BCUT2D eigenvalue weighted by Crippen LogP contribution is -2.23. The van der Waals surface area contributed by atoms with E-state index < -0.39 is 5.97 Å². The number of nitrogens with zero attached hydrogens (tertiary/aromatic N) is 2. The average Bonchev–Trinajstić information content (AvgIpc) is 3.02. The monoisotopic (exact) mass is 502 g/mol. The smallest absolute Gasteiger partial charge is 0.337 e. The fraction of sp³-hybridized carbons (Fsp3) is 0.261. The van der Waals surface area contributed by atoms with Crippen molar-refractivity contribution in [1.82, 2.24) is 4.90 Å². The van der Waals surface area contributed by atoms with Crippen LogP contribution in [0.15, 0.2) is 56.8 Å². The molecule has 1 aliphatic heterocycles. The molecular weight excluding hydrogens is 480 g/mol. The zero-order valence-electron chi connectivity index (χ0n) is 17.6. The zero-order valence-corrected chi connectivity index (χ0v) is 20.0. The van der Waals surface area contributed by atoms with Gasteiger partial charge < -0.3 is 9.47 Å². The number of likely N-dealkylation sites (N-methyl/N-ethyl adjacent to an activating group) is 1. The van der Waals surface area contributed by atoms with Crippen LogP contribution in [0.2, 0.25) is 0 Å². The largest absolute Gasteiger partial charge is 0.492 e. The van der Waals surface area contributed by atoms with Gasteiger partial charge in [0.15, 0.2) is 5.17 Å². The number of esters is 1. The first-order chi connectivity index (χ1) is 14.9. The van der Waals surface area contributed by atoms with Gasteiger partial charge in [-0.2, -0.15) is 0 Å². The summed E-state index contributed by atoms with van der Waals surface area (Å²) in [6.45, 7) is 2.79. The second-order valence-electron chi connectivity index (χ2n) is 6.80. The highest BCUT2D eigenvalue weighted by molar-refractivity contribution is 9.10. The zero-order chi connectivity index (χ0) is 22.4. The third-order valence-electron chi connectivity index (χ3n) is 4.50. The first kappa shape index (κ1) is 23.1. The molecule has 0 radical (unpaired) electrons. The Hall–Kier alpha value is -2.58. The molecule has 0 saturated carbocycles. The van der Waals surface area contributed by atoms with Crippen molar-refractivity contribution < 1.29 is 19.1 Å². The average molecular weight is 503 g/mol. The van der Waals surface area contributed by atoms with Crippen molar-refractivity contribution in [2.24, 2.45) is 4.99 Å². The number of methoxy groups -OCH3 is 1. The number of carbonyl (C=O) groups excluding carboxylic acids is 2. The maximum Gasteiger partial charge on any atom is 0.337 e. The Labute approximate surface area is 194 Å². The number of amidine groups is 1. The molecule has 1 aliphatic rings. The molecule has 0 bridgehead atoms. The molecule has 3 rings (SSSR count). The molecule has 1 fully saturated rings. The van der Waals surface area contributed by atoms with Crippen LogP contribution in [0, 0.1) is 0 Å². The van der Waals surface area contributed by atoms with Crippen LogP contribution in [-0.4, -0.2) is 42.7 Å². The van der Waals surface area contributed by atoms with Gasteiger partial charge in [0.1, 0.15) is 5.75 Å². The van der Waals surface area contributed by atoms with Crippen LogP contribution in [0.5, 0.6) is 5.75 Å². The van der Waals surface area contributed by atoms with Gasteiger partial charge in [-0.1, -0.05) is 25.5 Å². The third kappa shape index (κ3) is 5.77. The summed E-state index contributed by atoms with van der Waals surface area (Å²) in [5.74, 6) is 0.219. The molecule has 162 valence electrons. The highest BCUT2D eigenvalue weighted by Crippen LogP contribution is 2.34. The number of aliphatic imine (C=N–C) groups is 1. The van der Waals surface area contributed by atoms with Crippen molar-refractivity contribution in [2.45, 2.75) is 19.8 Å². The Bertz CT molecular complexity index is 1050. The number of hydrogen-bond acceptors (Lipinski definition) is 6. The van der Waals surface area contributed by atoms with E-state index in [-0.39, 0.29) is 5.91 Å². The number of benzene rings is 2. The van der Waals surface area contributed by atoms with Crippen molar-refractivity contribution in [1.29, 1.82) is 0 Å². The Morgan fingerprint density at radius 3 is 2.77 bits per heavy atom. The quantitative estimate of drug-likeness (QED) is 0.278. The molecule has 0 N–H and O–H groups in total. The molecule has 0 aliphatic carbocycles. The van der Waals surface area contributed by atoms with E-state index in [0.29, 0.717) is 27.9 Å². The van der Waals surface area contributed by atoms with Gasteiger partial charge in [0.25, 0.3) is 5.91 Å². The molecule has 6 nitrogen and oxygen atoms in total.